The van der Waals surface area contributed by atoms with Gasteiger partial charge < -0.3 is 20.5 Å². The zero-order chi connectivity index (χ0) is 18.2. The van der Waals surface area contributed by atoms with Gasteiger partial charge in [0.15, 0.2) is 0 Å². The van der Waals surface area contributed by atoms with Crippen LogP contribution in [0.25, 0.3) is 5.73 Å². The molecule has 7 heteroatoms. The minimum Gasteiger partial charge on any atom is -0.672 e. The molecule has 6 nitrogen and oxygen atoms in total. The Morgan fingerprint density at radius 2 is 1.69 bits per heavy atom. The maximum atomic E-state index is 11.9. The van der Waals surface area contributed by atoms with Crippen LogP contribution in [-0.4, -0.2) is 18.1 Å². The molecule has 0 spiro atoms. The Morgan fingerprint density at radius 3 is 2.23 bits per heavy atom. The van der Waals surface area contributed by atoms with Crippen molar-refractivity contribution in [2.45, 2.75) is 32.6 Å². The molecule has 2 aromatic carbocycles. The summed E-state index contributed by atoms with van der Waals surface area (Å²) >= 11 is 0. The fraction of sp³-hybridized carbons (Fsp3) is 0.263. The molecule has 0 fully saturated rings. The number of carbonyl (C=O) groups is 2. The number of ether oxygens (including phenoxy) is 2. The van der Waals surface area contributed by atoms with Crippen LogP contribution < -0.4 is 5.32 Å². The van der Waals surface area contributed by atoms with Crippen LogP contribution in [0.5, 0.6) is 0 Å². The number of amides is 1. The molecule has 1 radical (unpaired) electrons. The molecule has 0 bridgehead atoms. The third kappa shape index (κ3) is 7.45. The second-order valence-electron chi connectivity index (χ2n) is 5.65. The fourth-order valence-corrected chi connectivity index (χ4v) is 2.27. The Balaban J connectivity index is 0.00000338. The van der Waals surface area contributed by atoms with Gasteiger partial charge in [0.05, 0.1) is 0 Å². The van der Waals surface area contributed by atoms with E-state index < -0.39 is 18.3 Å². The van der Waals surface area contributed by atoms with Gasteiger partial charge in [0.2, 0.25) is 5.91 Å². The van der Waals surface area contributed by atoms with Crippen molar-refractivity contribution in [3.63, 3.8) is 0 Å². The maximum absolute atomic E-state index is 11.9. The maximum Gasteiger partial charge on any atom is 0.509 e. The molecule has 0 saturated carbocycles. The smallest absolute Gasteiger partial charge is 0.509 e. The Kier molecular flexibility index (Phi) is 9.86. The van der Waals surface area contributed by atoms with Crippen molar-refractivity contribution in [1.29, 1.82) is 0 Å². The average Bonchev–Trinajstić information content (AvgIpc) is 2.59. The van der Waals surface area contributed by atoms with Crippen LogP contribution in [0.4, 0.5) is 10.5 Å². The first-order valence-corrected chi connectivity index (χ1v) is 7.91. The van der Waals surface area contributed by atoms with E-state index in [0.29, 0.717) is 5.69 Å². The van der Waals surface area contributed by atoms with Gasteiger partial charge in [0.25, 0.3) is 0 Å². The molecule has 0 unspecified atom stereocenters. The van der Waals surface area contributed by atoms with E-state index in [2.05, 4.69) is 5.32 Å². The molecule has 0 aliphatic carbocycles. The van der Waals surface area contributed by atoms with Crippen LogP contribution in [0.1, 0.15) is 31.1 Å². The Bertz CT molecular complexity index is 705. The average molecular weight is 568 g/mol. The Labute approximate surface area is 189 Å². The standard InChI is InChI=1S/C19H21N2O4.Ac/c1-13(20)18(16-6-4-3-5-7-16)25-19(23)24-12-15-8-10-17(11-9-15)21-14(2)22;/h3-11,13,18,20H,12H2,1-2H3,(H,21,22);/q-1;/t13-,18-;/m1./s1. The molecule has 2 N–H and O–H groups in total. The van der Waals surface area contributed by atoms with Gasteiger partial charge in [-0.25, -0.2) is 4.79 Å². The van der Waals surface area contributed by atoms with Gasteiger partial charge in [0.1, 0.15) is 12.7 Å². The number of benzene rings is 2. The molecule has 1 amide bonds. The van der Waals surface area contributed by atoms with E-state index in [1.807, 2.05) is 30.3 Å². The summed E-state index contributed by atoms with van der Waals surface area (Å²) in [6.45, 7) is 3.14. The predicted molar refractivity (Wildman–Crippen MR) is 95.0 cm³/mol. The topological polar surface area (TPSA) is 88.4 Å². The molecule has 135 valence electrons. The van der Waals surface area contributed by atoms with Gasteiger partial charge in [0, 0.05) is 56.7 Å². The summed E-state index contributed by atoms with van der Waals surface area (Å²) in [4.78, 5) is 22.9. The van der Waals surface area contributed by atoms with Crippen LogP contribution in [0.3, 0.4) is 0 Å². The second-order valence-corrected chi connectivity index (χ2v) is 5.65. The quantitative estimate of drug-likeness (QED) is 0.521. The van der Waals surface area contributed by atoms with Crippen molar-refractivity contribution in [2.75, 3.05) is 5.32 Å². The van der Waals surface area contributed by atoms with Gasteiger partial charge >= 0.3 is 6.16 Å². The van der Waals surface area contributed by atoms with Crippen LogP contribution >= 0.6 is 0 Å². The number of carbonyl (C=O) groups excluding carboxylic acids is 2. The summed E-state index contributed by atoms with van der Waals surface area (Å²) in [5.41, 5.74) is 10.1. The molecular weight excluding hydrogens is 547 g/mol. The molecule has 2 rings (SSSR count). The monoisotopic (exact) mass is 568 g/mol. The van der Waals surface area contributed by atoms with Crippen molar-refractivity contribution < 1.29 is 63.1 Å². The molecule has 26 heavy (non-hydrogen) atoms. The number of hydrogen-bond donors (Lipinski definition) is 1. The van der Waals surface area contributed by atoms with Crippen molar-refractivity contribution in [3.8, 4) is 0 Å². The molecule has 0 aromatic heterocycles. The summed E-state index contributed by atoms with van der Waals surface area (Å²) in [5, 5.41) is 2.66. The Morgan fingerprint density at radius 1 is 1.08 bits per heavy atom. The fourth-order valence-electron chi connectivity index (χ4n) is 2.27. The summed E-state index contributed by atoms with van der Waals surface area (Å²) in [6.07, 6.45) is -1.50. The van der Waals surface area contributed by atoms with E-state index in [1.165, 1.54) is 6.92 Å². The van der Waals surface area contributed by atoms with E-state index in [0.717, 1.165) is 11.1 Å². The molecule has 0 saturated heterocycles. The van der Waals surface area contributed by atoms with E-state index in [4.69, 9.17) is 15.2 Å². The predicted octanol–water partition coefficient (Wildman–Crippen LogP) is 4.48. The first-order chi connectivity index (χ1) is 12.0. The van der Waals surface area contributed by atoms with Gasteiger partial charge in [-0.15, -0.1) is 0 Å². The first-order valence-electron chi connectivity index (χ1n) is 7.91. The molecule has 0 aliphatic heterocycles. The van der Waals surface area contributed by atoms with Crippen molar-refractivity contribution >= 4 is 17.7 Å². The van der Waals surface area contributed by atoms with E-state index in [1.54, 1.807) is 31.2 Å². The van der Waals surface area contributed by atoms with Crippen LogP contribution in [0.15, 0.2) is 54.6 Å². The minimum absolute atomic E-state index is 0. The summed E-state index contributed by atoms with van der Waals surface area (Å²) in [5.74, 6) is -0.149. The first kappa shape index (κ1) is 22.6. The zero-order valence-electron chi connectivity index (χ0n) is 14.8. The summed E-state index contributed by atoms with van der Waals surface area (Å²) in [7, 11) is 0. The van der Waals surface area contributed by atoms with E-state index >= 15 is 0 Å². The van der Waals surface area contributed by atoms with Crippen LogP contribution in [0, 0.1) is 44.1 Å². The molecule has 0 aliphatic rings. The van der Waals surface area contributed by atoms with Crippen molar-refractivity contribution in [3.05, 3.63) is 71.5 Å². The second kappa shape index (κ2) is 11.3. The van der Waals surface area contributed by atoms with Crippen molar-refractivity contribution in [1.82, 2.24) is 0 Å². The van der Waals surface area contributed by atoms with Gasteiger partial charge in [-0.1, -0.05) is 55.4 Å². The van der Waals surface area contributed by atoms with E-state index in [-0.39, 0.29) is 56.6 Å². The zero-order valence-corrected chi connectivity index (χ0v) is 19.5. The van der Waals surface area contributed by atoms with E-state index in [9.17, 15) is 9.59 Å². The minimum atomic E-state index is -0.820. The van der Waals surface area contributed by atoms with Crippen molar-refractivity contribution in [2.24, 2.45) is 0 Å². The van der Waals surface area contributed by atoms with Gasteiger partial charge in [-0.3, -0.25) is 4.79 Å². The summed E-state index contributed by atoms with van der Waals surface area (Å²) in [6, 6.07) is 15.5. The molecular formula is C19H21AcN2O4-. The normalized spacial score (nSPS) is 12.3. The number of hydrogen-bond acceptors (Lipinski definition) is 4. The summed E-state index contributed by atoms with van der Waals surface area (Å²) < 4.78 is 10.4. The number of rotatable bonds is 6. The largest absolute Gasteiger partial charge is 0.672 e. The molecule has 0 heterocycles. The molecule has 2 aromatic rings. The SMILES string of the molecule is CC(=O)Nc1ccc(COC(=O)O[C@@H](c2ccccc2)[C@@H](C)[NH-])cc1.[Ac]. The van der Waals surface area contributed by atoms with Crippen LogP contribution in [0.2, 0.25) is 0 Å². The third-order valence-corrected chi connectivity index (χ3v) is 3.44. The van der Waals surface area contributed by atoms with Gasteiger partial charge in [-0.05, 0) is 23.3 Å². The van der Waals surface area contributed by atoms with Crippen LogP contribution in [-0.2, 0) is 20.9 Å². The van der Waals surface area contributed by atoms with Gasteiger partial charge in [-0.2, -0.15) is 0 Å². The number of nitrogens with one attached hydrogen (secondary N) is 2. The Hall–Kier alpha value is -1.42. The third-order valence-electron chi connectivity index (χ3n) is 3.44. The number of anilines is 1. The molecule has 2 atom stereocenters.